The molecule has 0 radical (unpaired) electrons. The fourth-order valence-electron chi connectivity index (χ4n) is 1.97. The van der Waals surface area contributed by atoms with E-state index in [1.165, 1.54) is 12.3 Å². The summed E-state index contributed by atoms with van der Waals surface area (Å²) in [5.41, 5.74) is 2.07. The summed E-state index contributed by atoms with van der Waals surface area (Å²) in [5.74, 6) is -0.365. The largest absolute Gasteiger partial charge is 0.322 e. The molecule has 1 heterocycles. The van der Waals surface area contributed by atoms with Crippen LogP contribution in [0.5, 0.6) is 0 Å². The third-order valence-corrected chi connectivity index (χ3v) is 4.05. The van der Waals surface area contributed by atoms with Gasteiger partial charge in [-0.15, -0.1) is 0 Å². The predicted octanol–water partition coefficient (Wildman–Crippen LogP) is 1.60. The van der Waals surface area contributed by atoms with Crippen LogP contribution >= 0.6 is 0 Å². The average Bonchev–Trinajstić information content (AvgIpc) is 2.41. The van der Waals surface area contributed by atoms with E-state index < -0.39 is 10.0 Å². The quantitative estimate of drug-likeness (QED) is 0.899. The lowest BCUT2D eigenvalue weighted by molar-refractivity contribution is 0.102. The standard InChI is InChI=1S/C14H15N3O3S/c1-9-6-10(2)13(21(15,19)20)7-12(9)17-14(18)11-4-3-5-16-8-11/h3-8H,1-2H3,(H,17,18)(H2,15,19,20). The Kier molecular flexibility index (Phi) is 4.06. The maximum Gasteiger partial charge on any atom is 0.257 e. The average molecular weight is 305 g/mol. The van der Waals surface area contributed by atoms with Crippen LogP contribution in [0.1, 0.15) is 21.5 Å². The van der Waals surface area contributed by atoms with Crippen molar-refractivity contribution in [2.45, 2.75) is 18.7 Å². The van der Waals surface area contributed by atoms with Gasteiger partial charge in [-0.3, -0.25) is 9.78 Å². The molecular weight excluding hydrogens is 290 g/mol. The van der Waals surface area contributed by atoms with E-state index in [0.717, 1.165) is 5.56 Å². The Labute approximate surface area is 123 Å². The summed E-state index contributed by atoms with van der Waals surface area (Å²) in [5, 5.41) is 7.84. The first-order chi connectivity index (χ1) is 9.79. The monoisotopic (exact) mass is 305 g/mol. The molecule has 1 amide bonds. The number of carbonyl (C=O) groups excluding carboxylic acids is 1. The van der Waals surface area contributed by atoms with Crippen LogP contribution in [-0.2, 0) is 10.0 Å². The van der Waals surface area contributed by atoms with E-state index in [9.17, 15) is 13.2 Å². The maximum atomic E-state index is 12.1. The van der Waals surface area contributed by atoms with Gasteiger partial charge < -0.3 is 5.32 Å². The van der Waals surface area contributed by atoms with Crippen LogP contribution in [0.4, 0.5) is 5.69 Å². The minimum absolute atomic E-state index is 0.00501. The molecule has 0 aliphatic rings. The van der Waals surface area contributed by atoms with Crippen LogP contribution in [0.25, 0.3) is 0 Å². The zero-order valence-electron chi connectivity index (χ0n) is 11.6. The normalized spacial score (nSPS) is 11.2. The first-order valence-electron chi connectivity index (χ1n) is 6.14. The van der Waals surface area contributed by atoms with Gasteiger partial charge in [0.25, 0.3) is 5.91 Å². The number of carbonyl (C=O) groups is 1. The van der Waals surface area contributed by atoms with Crippen LogP contribution in [-0.4, -0.2) is 19.3 Å². The molecule has 0 aliphatic carbocycles. The zero-order chi connectivity index (χ0) is 15.6. The molecule has 0 aliphatic heterocycles. The number of hydrogen-bond donors (Lipinski definition) is 2. The second-order valence-corrected chi connectivity index (χ2v) is 6.20. The molecule has 0 atom stereocenters. The van der Waals surface area contributed by atoms with Gasteiger partial charge in [-0.05, 0) is 43.2 Å². The molecule has 7 heteroatoms. The van der Waals surface area contributed by atoms with E-state index in [0.29, 0.717) is 16.8 Å². The van der Waals surface area contributed by atoms with Gasteiger partial charge in [0.15, 0.2) is 0 Å². The Morgan fingerprint density at radius 1 is 1.24 bits per heavy atom. The summed E-state index contributed by atoms with van der Waals surface area (Å²) >= 11 is 0. The van der Waals surface area contributed by atoms with Crippen LogP contribution in [0.2, 0.25) is 0 Å². The van der Waals surface area contributed by atoms with Crippen molar-refractivity contribution in [2.75, 3.05) is 5.32 Å². The van der Waals surface area contributed by atoms with Crippen LogP contribution in [0.3, 0.4) is 0 Å². The number of pyridine rings is 1. The summed E-state index contributed by atoms with van der Waals surface area (Å²) in [6.07, 6.45) is 2.99. The summed E-state index contributed by atoms with van der Waals surface area (Å²) < 4.78 is 23.1. The molecule has 3 N–H and O–H groups in total. The van der Waals surface area contributed by atoms with Crippen molar-refractivity contribution in [3.8, 4) is 0 Å². The molecular formula is C14H15N3O3S. The van der Waals surface area contributed by atoms with E-state index in [1.54, 1.807) is 38.2 Å². The number of primary sulfonamides is 1. The number of amides is 1. The van der Waals surface area contributed by atoms with Gasteiger partial charge in [0.2, 0.25) is 10.0 Å². The van der Waals surface area contributed by atoms with Crippen molar-refractivity contribution in [1.29, 1.82) is 0 Å². The molecule has 0 bridgehead atoms. The molecule has 0 spiro atoms. The minimum atomic E-state index is -3.84. The molecule has 0 unspecified atom stereocenters. The van der Waals surface area contributed by atoms with Crippen LogP contribution in [0.15, 0.2) is 41.6 Å². The van der Waals surface area contributed by atoms with E-state index >= 15 is 0 Å². The Hall–Kier alpha value is -2.25. The Morgan fingerprint density at radius 2 is 1.95 bits per heavy atom. The number of aromatic nitrogens is 1. The maximum absolute atomic E-state index is 12.1. The molecule has 6 nitrogen and oxygen atoms in total. The van der Waals surface area contributed by atoms with Crippen molar-refractivity contribution >= 4 is 21.6 Å². The lowest BCUT2D eigenvalue weighted by atomic mass is 10.1. The fourth-order valence-corrected chi connectivity index (χ4v) is 2.75. The van der Waals surface area contributed by atoms with Crippen molar-refractivity contribution in [3.05, 3.63) is 53.3 Å². The third kappa shape index (κ3) is 3.45. The number of hydrogen-bond acceptors (Lipinski definition) is 4. The smallest absolute Gasteiger partial charge is 0.257 e. The van der Waals surface area contributed by atoms with Crippen LogP contribution < -0.4 is 10.5 Å². The molecule has 2 rings (SSSR count). The number of nitrogens with zero attached hydrogens (tertiary/aromatic N) is 1. The van der Waals surface area contributed by atoms with Gasteiger partial charge >= 0.3 is 0 Å². The minimum Gasteiger partial charge on any atom is -0.322 e. The second-order valence-electron chi connectivity index (χ2n) is 4.67. The van der Waals surface area contributed by atoms with Gasteiger partial charge in [-0.1, -0.05) is 6.07 Å². The fraction of sp³-hybridized carbons (Fsp3) is 0.143. The van der Waals surface area contributed by atoms with Crippen LogP contribution in [0, 0.1) is 13.8 Å². The molecule has 1 aromatic carbocycles. The Bertz CT molecular complexity index is 787. The molecule has 0 fully saturated rings. The topological polar surface area (TPSA) is 102 Å². The number of rotatable bonds is 3. The highest BCUT2D eigenvalue weighted by molar-refractivity contribution is 7.89. The molecule has 1 aromatic heterocycles. The molecule has 21 heavy (non-hydrogen) atoms. The first kappa shape index (κ1) is 15.1. The number of nitrogens with two attached hydrogens (primary N) is 1. The zero-order valence-corrected chi connectivity index (χ0v) is 12.4. The van der Waals surface area contributed by atoms with E-state index in [1.807, 2.05) is 0 Å². The number of aryl methyl sites for hydroxylation is 2. The van der Waals surface area contributed by atoms with Gasteiger partial charge in [-0.2, -0.15) is 0 Å². The number of sulfonamides is 1. The van der Waals surface area contributed by atoms with Crippen molar-refractivity contribution < 1.29 is 13.2 Å². The van der Waals surface area contributed by atoms with E-state index in [-0.39, 0.29) is 10.8 Å². The highest BCUT2D eigenvalue weighted by Gasteiger charge is 2.15. The van der Waals surface area contributed by atoms with Gasteiger partial charge in [0.1, 0.15) is 0 Å². The number of nitrogens with one attached hydrogen (secondary N) is 1. The summed E-state index contributed by atoms with van der Waals surface area (Å²) in [4.78, 5) is 15.9. The molecule has 0 saturated carbocycles. The number of anilines is 1. The highest BCUT2D eigenvalue weighted by atomic mass is 32.2. The van der Waals surface area contributed by atoms with Crippen molar-refractivity contribution in [2.24, 2.45) is 5.14 Å². The SMILES string of the molecule is Cc1cc(C)c(S(N)(=O)=O)cc1NC(=O)c1cccnc1. The summed E-state index contributed by atoms with van der Waals surface area (Å²) in [6, 6.07) is 6.30. The molecule has 110 valence electrons. The molecule has 0 saturated heterocycles. The third-order valence-electron chi connectivity index (χ3n) is 3.00. The molecule has 2 aromatic rings. The number of benzene rings is 1. The Morgan fingerprint density at radius 3 is 2.52 bits per heavy atom. The highest BCUT2D eigenvalue weighted by Crippen LogP contribution is 2.23. The van der Waals surface area contributed by atoms with Gasteiger partial charge in [0, 0.05) is 18.1 Å². The first-order valence-corrected chi connectivity index (χ1v) is 7.69. The summed E-state index contributed by atoms with van der Waals surface area (Å²) in [6.45, 7) is 3.43. The Balaban J connectivity index is 2.39. The van der Waals surface area contributed by atoms with Crippen molar-refractivity contribution in [3.63, 3.8) is 0 Å². The van der Waals surface area contributed by atoms with Crippen molar-refractivity contribution in [1.82, 2.24) is 4.98 Å². The summed E-state index contributed by atoms with van der Waals surface area (Å²) in [7, 11) is -3.84. The lowest BCUT2D eigenvalue weighted by Gasteiger charge is -2.12. The predicted molar refractivity (Wildman–Crippen MR) is 79.5 cm³/mol. The van der Waals surface area contributed by atoms with E-state index in [4.69, 9.17) is 5.14 Å². The van der Waals surface area contributed by atoms with E-state index in [2.05, 4.69) is 10.3 Å². The van der Waals surface area contributed by atoms with Gasteiger partial charge in [-0.25, -0.2) is 13.6 Å². The lowest BCUT2D eigenvalue weighted by Crippen LogP contribution is -2.17. The van der Waals surface area contributed by atoms with Gasteiger partial charge in [0.05, 0.1) is 10.5 Å². The second kappa shape index (κ2) is 5.63.